The molecule has 1 radical (unpaired) electrons. The van der Waals surface area contributed by atoms with Crippen LogP contribution in [-0.4, -0.2) is 0 Å². The highest BCUT2D eigenvalue weighted by atomic mass is 13.9. The maximum absolute atomic E-state index is 3.06. The molecule has 2 aromatic rings. The highest BCUT2D eigenvalue weighted by Gasteiger charge is 1.87. The van der Waals surface area contributed by atoms with Gasteiger partial charge in [0, 0.05) is 0 Å². The minimum atomic E-state index is 1.18. The molecule has 2 aromatic carbocycles. The molecule has 0 heterocycles. The van der Waals surface area contributed by atoms with E-state index in [0.29, 0.717) is 0 Å². The summed E-state index contributed by atoms with van der Waals surface area (Å²) in [5.74, 6) is 0. The zero-order valence-corrected chi connectivity index (χ0v) is 8.77. The number of aryl methyl sites for hydroxylation is 1. The molecule has 0 atom stereocenters. The number of rotatable bonds is 2. The smallest absolute Gasteiger partial charge is 0.0178 e. The lowest BCUT2D eigenvalue weighted by atomic mass is 10.1. The Balaban J connectivity index is 2.15. The van der Waals surface area contributed by atoms with Gasteiger partial charge in [-0.05, 0) is 30.2 Å². The van der Waals surface area contributed by atoms with Crippen LogP contribution in [0.4, 0.5) is 0 Å². The van der Waals surface area contributed by atoms with E-state index in [1.807, 2.05) is 18.2 Å². The minimum absolute atomic E-state index is 1.18. The Labute approximate surface area is 90.9 Å². The first-order valence-corrected chi connectivity index (χ1v) is 5.05. The van der Waals surface area contributed by atoms with Crippen LogP contribution in [0.25, 0.3) is 12.2 Å². The quantitative estimate of drug-likeness (QED) is 0.633. The molecule has 0 N–H and O–H groups in total. The van der Waals surface area contributed by atoms with E-state index < -0.39 is 0 Å². The second-order valence-electron chi connectivity index (χ2n) is 3.58. The van der Waals surface area contributed by atoms with Crippen molar-refractivity contribution < 1.29 is 0 Å². The van der Waals surface area contributed by atoms with Gasteiger partial charge in [-0.2, -0.15) is 0 Å². The highest BCUT2D eigenvalue weighted by Crippen LogP contribution is 2.08. The molecule has 0 aliphatic heterocycles. The van der Waals surface area contributed by atoms with Gasteiger partial charge in [-0.25, -0.2) is 0 Å². The lowest BCUT2D eigenvalue weighted by molar-refractivity contribution is 1.46. The van der Waals surface area contributed by atoms with Gasteiger partial charge in [0.15, 0.2) is 0 Å². The molecule has 0 saturated carbocycles. The van der Waals surface area contributed by atoms with Crippen LogP contribution in [0.3, 0.4) is 0 Å². The number of hydrogen-bond acceptors (Lipinski definition) is 0. The summed E-state index contributed by atoms with van der Waals surface area (Å²) in [6.45, 7) is 2.10. The molecule has 2 rings (SSSR count). The fraction of sp³-hybridized carbons (Fsp3) is 0.0667. The summed E-state index contributed by atoms with van der Waals surface area (Å²) in [6, 6.07) is 19.5. The van der Waals surface area contributed by atoms with Crippen LogP contribution in [0.1, 0.15) is 16.7 Å². The van der Waals surface area contributed by atoms with E-state index in [2.05, 4.69) is 55.5 Å². The van der Waals surface area contributed by atoms with E-state index in [1.54, 1.807) is 0 Å². The first-order valence-electron chi connectivity index (χ1n) is 5.05. The van der Waals surface area contributed by atoms with E-state index in [0.717, 1.165) is 0 Å². The topological polar surface area (TPSA) is 0 Å². The molecule has 0 heteroatoms. The zero-order valence-electron chi connectivity index (χ0n) is 8.77. The number of benzene rings is 2. The van der Waals surface area contributed by atoms with Crippen molar-refractivity contribution in [3.05, 3.63) is 71.3 Å². The van der Waals surface area contributed by atoms with Gasteiger partial charge < -0.3 is 0 Å². The largest absolute Gasteiger partial charge is 0.0611 e. The lowest BCUT2D eigenvalue weighted by Crippen LogP contribution is -1.74. The Morgan fingerprint density at radius 3 is 2.33 bits per heavy atom. The van der Waals surface area contributed by atoms with Crippen molar-refractivity contribution >= 4 is 12.2 Å². The lowest BCUT2D eigenvalue weighted by Gasteiger charge is -1.95. The Bertz CT molecular complexity index is 435. The predicted molar refractivity (Wildman–Crippen MR) is 65.4 cm³/mol. The van der Waals surface area contributed by atoms with E-state index >= 15 is 0 Å². The van der Waals surface area contributed by atoms with Crippen molar-refractivity contribution in [3.63, 3.8) is 0 Å². The first-order chi connectivity index (χ1) is 7.34. The molecule has 0 amide bonds. The average Bonchev–Trinajstić information content (AvgIpc) is 2.30. The van der Waals surface area contributed by atoms with Gasteiger partial charge in [0.05, 0.1) is 0 Å². The molecular formula is C15H13. The van der Waals surface area contributed by atoms with Crippen LogP contribution in [0.2, 0.25) is 0 Å². The molecular weight excluding hydrogens is 180 g/mol. The molecule has 0 aliphatic carbocycles. The van der Waals surface area contributed by atoms with Gasteiger partial charge in [0.2, 0.25) is 0 Å². The maximum Gasteiger partial charge on any atom is -0.0178 e. The Kier molecular flexibility index (Phi) is 2.99. The van der Waals surface area contributed by atoms with Crippen molar-refractivity contribution in [1.29, 1.82) is 0 Å². The summed E-state index contributed by atoms with van der Waals surface area (Å²) in [4.78, 5) is 0. The van der Waals surface area contributed by atoms with E-state index in [9.17, 15) is 0 Å². The van der Waals surface area contributed by atoms with Crippen molar-refractivity contribution in [2.45, 2.75) is 6.92 Å². The Hall–Kier alpha value is -1.82. The van der Waals surface area contributed by atoms with Crippen LogP contribution in [0.5, 0.6) is 0 Å². The van der Waals surface area contributed by atoms with Crippen LogP contribution in [0.15, 0.2) is 48.5 Å². The second-order valence-corrected chi connectivity index (χ2v) is 3.58. The van der Waals surface area contributed by atoms with Gasteiger partial charge >= 0.3 is 0 Å². The normalized spacial score (nSPS) is 10.7. The highest BCUT2D eigenvalue weighted by molar-refractivity contribution is 5.69. The van der Waals surface area contributed by atoms with Gasteiger partial charge in [-0.3, -0.25) is 0 Å². The second kappa shape index (κ2) is 4.61. The van der Waals surface area contributed by atoms with Crippen LogP contribution < -0.4 is 0 Å². The fourth-order valence-corrected chi connectivity index (χ4v) is 1.38. The van der Waals surface area contributed by atoms with Gasteiger partial charge in [0.25, 0.3) is 0 Å². The molecule has 15 heavy (non-hydrogen) atoms. The molecule has 0 aromatic heterocycles. The standard InChI is InChI=1S/C15H13/c1-13-7-9-15(10-8-13)12-11-14-5-3-2-4-6-14/h2-3,5-12H,1H3. The molecule has 0 bridgehead atoms. The van der Waals surface area contributed by atoms with Crippen molar-refractivity contribution in [2.24, 2.45) is 0 Å². The summed E-state index contributed by atoms with van der Waals surface area (Å²) in [5, 5.41) is 0. The minimum Gasteiger partial charge on any atom is -0.0611 e. The first kappa shape index (κ1) is 9.72. The molecule has 0 unspecified atom stereocenters. The summed E-state index contributed by atoms with van der Waals surface area (Å²) < 4.78 is 0. The van der Waals surface area contributed by atoms with Gasteiger partial charge in [-0.1, -0.05) is 60.2 Å². The Morgan fingerprint density at radius 2 is 1.67 bits per heavy atom. The van der Waals surface area contributed by atoms with Crippen LogP contribution in [-0.2, 0) is 0 Å². The molecule has 0 aliphatic rings. The molecule has 0 nitrogen and oxygen atoms in total. The number of hydrogen-bond donors (Lipinski definition) is 0. The van der Waals surface area contributed by atoms with Gasteiger partial charge in [-0.15, -0.1) is 0 Å². The van der Waals surface area contributed by atoms with Crippen LogP contribution in [0, 0.1) is 13.0 Å². The van der Waals surface area contributed by atoms with Gasteiger partial charge in [0.1, 0.15) is 0 Å². The third-order valence-electron chi connectivity index (χ3n) is 2.28. The van der Waals surface area contributed by atoms with Crippen molar-refractivity contribution in [2.75, 3.05) is 0 Å². The third-order valence-corrected chi connectivity index (χ3v) is 2.28. The zero-order chi connectivity index (χ0) is 10.5. The summed E-state index contributed by atoms with van der Waals surface area (Å²) in [6.07, 6.45) is 4.21. The van der Waals surface area contributed by atoms with E-state index in [-0.39, 0.29) is 0 Å². The predicted octanol–water partition coefficient (Wildman–Crippen LogP) is 3.97. The van der Waals surface area contributed by atoms with Crippen LogP contribution >= 0.6 is 0 Å². The third kappa shape index (κ3) is 2.81. The molecule has 0 spiro atoms. The monoisotopic (exact) mass is 193 g/mol. The van der Waals surface area contributed by atoms with E-state index in [4.69, 9.17) is 0 Å². The molecule has 0 saturated heterocycles. The SMILES string of the molecule is Cc1ccc(C=Cc2c[c]ccc2)cc1. The average molecular weight is 193 g/mol. The van der Waals surface area contributed by atoms with Crippen molar-refractivity contribution in [3.8, 4) is 0 Å². The van der Waals surface area contributed by atoms with Crippen molar-refractivity contribution in [1.82, 2.24) is 0 Å². The van der Waals surface area contributed by atoms with E-state index in [1.165, 1.54) is 16.7 Å². The summed E-state index contributed by atoms with van der Waals surface area (Å²) in [7, 11) is 0. The summed E-state index contributed by atoms with van der Waals surface area (Å²) in [5.41, 5.74) is 3.70. The molecule has 73 valence electrons. The summed E-state index contributed by atoms with van der Waals surface area (Å²) >= 11 is 0. The Morgan fingerprint density at radius 1 is 0.933 bits per heavy atom. The maximum atomic E-state index is 3.06. The molecule has 0 fully saturated rings. The fourth-order valence-electron chi connectivity index (χ4n) is 1.38.